The Kier molecular flexibility index (Phi) is 17.1. The largest absolute Gasteiger partial charge is 0.481 e. The minimum absolute atomic E-state index is 0.0294. The van der Waals surface area contributed by atoms with E-state index in [-0.39, 0.29) is 31.8 Å². The summed E-state index contributed by atoms with van der Waals surface area (Å²) in [4.78, 5) is 111. The summed E-state index contributed by atoms with van der Waals surface area (Å²) in [6.45, 7) is -0.773. The first kappa shape index (κ1) is 45.5. The van der Waals surface area contributed by atoms with Gasteiger partial charge in [-0.15, -0.1) is 0 Å². The van der Waals surface area contributed by atoms with Gasteiger partial charge in [0.2, 0.25) is 35.4 Å². The van der Waals surface area contributed by atoms with Crippen molar-refractivity contribution in [3.8, 4) is 0 Å². The lowest BCUT2D eigenvalue weighted by Gasteiger charge is -2.49. The molecule has 23 nitrogen and oxygen atoms in total. The summed E-state index contributed by atoms with van der Waals surface area (Å²) in [5, 5.41) is 63.2. The Morgan fingerprint density at radius 2 is 1.56 bits per heavy atom. The molecule has 1 aromatic carbocycles. The van der Waals surface area contributed by atoms with E-state index in [0.717, 1.165) is 6.92 Å². The second-order valence-electron chi connectivity index (χ2n) is 13.3. The van der Waals surface area contributed by atoms with Crippen molar-refractivity contribution in [1.29, 1.82) is 0 Å². The van der Waals surface area contributed by atoms with Crippen molar-refractivity contribution >= 4 is 53.3 Å². The number of aliphatic hydroxyl groups excluding tert-OH is 3. The van der Waals surface area contributed by atoms with Crippen molar-refractivity contribution < 1.29 is 68.6 Å². The molecule has 2 fully saturated rings. The quantitative estimate of drug-likeness (QED) is 0.0473. The van der Waals surface area contributed by atoms with Gasteiger partial charge >= 0.3 is 11.9 Å². The molecule has 9 atom stereocenters. The maximum Gasteiger partial charge on any atom is 0.305 e. The van der Waals surface area contributed by atoms with Crippen LogP contribution in [0.3, 0.4) is 0 Å². The number of carboxylic acids is 2. The number of nitrogens with one attached hydrogen (secondary N) is 5. The van der Waals surface area contributed by atoms with E-state index >= 15 is 4.79 Å². The molecule has 1 aromatic rings. The third kappa shape index (κ3) is 13.4. The zero-order valence-corrected chi connectivity index (χ0v) is 30.9. The number of aliphatic imine (C=N–C) groups is 1. The van der Waals surface area contributed by atoms with Crippen molar-refractivity contribution in [2.45, 2.75) is 100 Å². The number of amides is 6. The van der Waals surface area contributed by atoms with Gasteiger partial charge in [0.1, 0.15) is 48.5 Å². The molecule has 23 heteroatoms. The first-order chi connectivity index (χ1) is 26.9. The lowest BCUT2D eigenvalue weighted by Crippen LogP contribution is -2.72. The Bertz CT molecular complexity index is 1660. The Balaban J connectivity index is 2.34. The zero-order chi connectivity index (χ0) is 42.4. The molecule has 0 radical (unpaired) electrons. The van der Waals surface area contributed by atoms with E-state index in [9.17, 15) is 59.1 Å². The summed E-state index contributed by atoms with van der Waals surface area (Å²) in [6, 6.07) is -0.871. The summed E-state index contributed by atoms with van der Waals surface area (Å²) in [5.74, 6) is -9.66. The first-order valence-electron chi connectivity index (χ1n) is 17.9. The third-order valence-corrected chi connectivity index (χ3v) is 9.00. The van der Waals surface area contributed by atoms with E-state index in [1.807, 2.05) is 0 Å². The van der Waals surface area contributed by atoms with Crippen LogP contribution < -0.4 is 38.1 Å². The lowest BCUT2D eigenvalue weighted by atomic mass is 9.92. The number of benzene rings is 1. The molecular weight excluding hydrogens is 758 g/mol. The molecule has 2 heterocycles. The van der Waals surface area contributed by atoms with E-state index in [2.05, 4.69) is 31.6 Å². The van der Waals surface area contributed by atoms with E-state index in [1.165, 1.54) is 0 Å². The molecule has 6 amide bonds. The minimum atomic E-state index is -1.99. The van der Waals surface area contributed by atoms with Crippen LogP contribution in [0.2, 0.25) is 0 Å². The van der Waals surface area contributed by atoms with Crippen molar-refractivity contribution in [1.82, 2.24) is 31.5 Å². The van der Waals surface area contributed by atoms with Crippen LogP contribution in [0.15, 0.2) is 35.3 Å². The predicted octanol–water partition coefficient (Wildman–Crippen LogP) is -5.65. The lowest BCUT2D eigenvalue weighted by molar-refractivity contribution is -0.237. The molecule has 314 valence electrons. The maximum absolute atomic E-state index is 15.1. The molecule has 2 aliphatic rings. The van der Waals surface area contributed by atoms with Crippen molar-refractivity contribution in [3.63, 3.8) is 0 Å². The second kappa shape index (κ2) is 21.4. The van der Waals surface area contributed by atoms with E-state index in [1.54, 1.807) is 30.3 Å². The minimum Gasteiger partial charge on any atom is -0.481 e. The molecule has 0 bridgehead atoms. The smallest absolute Gasteiger partial charge is 0.305 e. The fourth-order valence-electron chi connectivity index (χ4n) is 6.30. The number of carboxylic acid groups (broad SMARTS) is 2. The van der Waals surface area contributed by atoms with Crippen LogP contribution in [-0.2, 0) is 49.5 Å². The van der Waals surface area contributed by atoms with Gasteiger partial charge in [0, 0.05) is 26.3 Å². The fourth-order valence-corrected chi connectivity index (χ4v) is 6.30. The van der Waals surface area contributed by atoms with Crippen LogP contribution in [0.4, 0.5) is 0 Å². The Morgan fingerprint density at radius 1 is 0.895 bits per heavy atom. The number of hydrogen-bond donors (Lipinski definition) is 12. The summed E-state index contributed by atoms with van der Waals surface area (Å²) in [5.41, 5.74) is 11.2. The van der Waals surface area contributed by atoms with Crippen molar-refractivity contribution in [2.24, 2.45) is 16.5 Å². The van der Waals surface area contributed by atoms with Crippen molar-refractivity contribution in [2.75, 3.05) is 19.7 Å². The highest BCUT2D eigenvalue weighted by Crippen LogP contribution is 2.28. The number of nitrogens with zero attached hydrogens (tertiary/aromatic N) is 2. The van der Waals surface area contributed by atoms with Gasteiger partial charge in [-0.05, 0) is 24.8 Å². The summed E-state index contributed by atoms with van der Waals surface area (Å²) >= 11 is 0. The Hall–Kier alpha value is -5.91. The highest BCUT2D eigenvalue weighted by Gasteiger charge is 2.52. The van der Waals surface area contributed by atoms with Gasteiger partial charge in [-0.3, -0.25) is 43.3 Å². The van der Waals surface area contributed by atoms with E-state index in [0.29, 0.717) is 10.5 Å². The van der Waals surface area contributed by atoms with Gasteiger partial charge in [0.05, 0.1) is 19.6 Å². The van der Waals surface area contributed by atoms with Crippen molar-refractivity contribution in [3.05, 3.63) is 35.9 Å². The van der Waals surface area contributed by atoms with Crippen LogP contribution in [-0.4, -0.2) is 158 Å². The number of carbonyl (C=O) groups is 8. The van der Waals surface area contributed by atoms with E-state index < -0.39 is 135 Å². The molecule has 0 spiro atoms. The molecular formula is C34H49N9O14. The fraction of sp³-hybridized carbons (Fsp3) is 0.559. The van der Waals surface area contributed by atoms with Gasteiger partial charge in [-0.2, -0.15) is 0 Å². The summed E-state index contributed by atoms with van der Waals surface area (Å²) < 4.78 is 5.92. The first-order valence-corrected chi connectivity index (χ1v) is 17.9. The molecule has 0 unspecified atom stereocenters. The van der Waals surface area contributed by atoms with Crippen LogP contribution in [0, 0.1) is 0 Å². The number of aliphatic hydroxyl groups is 3. The number of guanidine groups is 1. The molecule has 14 N–H and O–H groups in total. The monoisotopic (exact) mass is 807 g/mol. The van der Waals surface area contributed by atoms with Crippen LogP contribution in [0.5, 0.6) is 0 Å². The molecule has 0 aliphatic carbocycles. The number of ether oxygens (including phenoxy) is 1. The number of rotatable bonds is 14. The molecule has 57 heavy (non-hydrogen) atoms. The highest BCUT2D eigenvalue weighted by molar-refractivity contribution is 5.98. The van der Waals surface area contributed by atoms with Crippen LogP contribution in [0.25, 0.3) is 0 Å². The number of hydrogen-bond acceptors (Lipinski definition) is 13. The number of nitrogens with two attached hydrogens (primary N) is 2. The molecule has 2 aliphatic heterocycles. The SMILES string of the molecule is CC(=O)N[C@@H]1[C@@H](O)[C@H](O)[C@@H](CO)O[C@H]1N1C(=O)[C@H](Cc2ccccc2)NC(=O)[C@H](CC(=O)O)NC(=O)CNC(=O)[C@H](CCCN=C(N)N)NC(=O)[C@@H]1CCC(=O)O. The second-order valence-corrected chi connectivity index (χ2v) is 13.3. The Labute approximate surface area is 325 Å². The van der Waals surface area contributed by atoms with Gasteiger partial charge in [-0.1, -0.05) is 30.3 Å². The van der Waals surface area contributed by atoms with E-state index in [4.69, 9.17) is 16.2 Å². The summed E-state index contributed by atoms with van der Waals surface area (Å²) in [7, 11) is 0. The third-order valence-electron chi connectivity index (χ3n) is 9.00. The van der Waals surface area contributed by atoms with Gasteiger partial charge in [-0.25, -0.2) is 0 Å². The van der Waals surface area contributed by atoms with Crippen LogP contribution in [0.1, 0.15) is 44.6 Å². The maximum atomic E-state index is 15.1. The Morgan fingerprint density at radius 3 is 2.16 bits per heavy atom. The molecule has 2 saturated heterocycles. The molecule has 0 saturated carbocycles. The molecule has 0 aromatic heterocycles. The van der Waals surface area contributed by atoms with Gasteiger partial charge in [0.15, 0.2) is 12.2 Å². The zero-order valence-electron chi connectivity index (χ0n) is 30.9. The van der Waals surface area contributed by atoms with Gasteiger partial charge < -0.3 is 73.2 Å². The predicted molar refractivity (Wildman–Crippen MR) is 194 cm³/mol. The standard InChI is InChI=1S/C34H49N9O14/c1-16(45)39-26-28(52)27(51)22(15-44)57-33(26)43-21(9-10-24(47)48)31(55)41-18(8-5-11-37-34(35)36)29(53)38-14-23(46)40-19(13-25(49)50)30(54)42-20(32(43)56)12-17-6-3-2-4-7-17/h2-4,6-7,18-22,26-28,33,44,51-52H,5,8-15H2,1H3,(H,38,53)(H,39,45)(H,40,46)(H,41,55)(H,42,54)(H,47,48)(H,49,50)(H4,35,36,37)/t18-,19-,20-,21-,22+,26+,27+,28+,33+/m0/s1. The molecule has 3 rings (SSSR count). The number of aliphatic carboxylic acids is 2. The van der Waals surface area contributed by atoms with Gasteiger partial charge in [0.25, 0.3) is 0 Å². The summed E-state index contributed by atoms with van der Waals surface area (Å²) in [6.07, 6.45) is -10.5. The highest BCUT2D eigenvalue weighted by atomic mass is 16.5. The average molecular weight is 808 g/mol. The average Bonchev–Trinajstić information content (AvgIpc) is 3.14. The topological polar surface area (TPSA) is 375 Å². The van der Waals surface area contributed by atoms with Crippen LogP contribution >= 0.6 is 0 Å². The number of carbonyl (C=O) groups excluding carboxylic acids is 6. The normalized spacial score (nSPS) is 27.7.